The maximum atomic E-state index is 10.7. The second-order valence-electron chi connectivity index (χ2n) is 5.32. The second kappa shape index (κ2) is 9.18. The monoisotopic (exact) mass is 348 g/mol. The van der Waals surface area contributed by atoms with Crippen molar-refractivity contribution in [3.63, 3.8) is 0 Å². The molecule has 0 saturated carbocycles. The van der Waals surface area contributed by atoms with Crippen molar-refractivity contribution in [3.05, 3.63) is 58.6 Å². The molecule has 0 bridgehead atoms. The number of carboxylic acids is 1. The van der Waals surface area contributed by atoms with Crippen LogP contribution < -0.4 is 9.47 Å². The smallest absolute Gasteiger partial charge is 0.303 e. The lowest BCUT2D eigenvalue weighted by molar-refractivity contribution is -0.136. The van der Waals surface area contributed by atoms with E-state index in [1.54, 1.807) is 12.1 Å². The average Bonchev–Trinajstić information content (AvgIpc) is 2.56. The molecule has 2 rings (SSSR count). The number of benzene rings is 2. The van der Waals surface area contributed by atoms with Crippen molar-refractivity contribution >= 4 is 17.6 Å². The van der Waals surface area contributed by atoms with Gasteiger partial charge < -0.3 is 14.6 Å². The van der Waals surface area contributed by atoms with Gasteiger partial charge >= 0.3 is 5.97 Å². The largest absolute Gasteiger partial charge is 0.490 e. The quantitative estimate of drug-likeness (QED) is 0.730. The van der Waals surface area contributed by atoms with Crippen LogP contribution >= 0.6 is 11.6 Å². The number of halogens is 1. The van der Waals surface area contributed by atoms with Crippen LogP contribution in [0.4, 0.5) is 0 Å². The minimum atomic E-state index is -0.840. The Kier molecular flexibility index (Phi) is 6.94. The first-order chi connectivity index (χ1) is 11.6. The van der Waals surface area contributed by atoms with Crippen molar-refractivity contribution in [2.45, 2.75) is 26.2 Å². The van der Waals surface area contributed by atoms with Crippen molar-refractivity contribution < 1.29 is 19.4 Å². The molecular weight excluding hydrogens is 328 g/mol. The van der Waals surface area contributed by atoms with Gasteiger partial charge in [-0.15, -0.1) is 0 Å². The van der Waals surface area contributed by atoms with Gasteiger partial charge in [-0.05, 0) is 36.6 Å². The Morgan fingerprint density at radius 2 is 1.83 bits per heavy atom. The van der Waals surface area contributed by atoms with Gasteiger partial charge in [-0.2, -0.15) is 0 Å². The molecular formula is C19H21ClO4. The Hall–Kier alpha value is -2.20. The van der Waals surface area contributed by atoms with Gasteiger partial charge in [0.1, 0.15) is 0 Å². The van der Waals surface area contributed by atoms with E-state index in [0.717, 1.165) is 12.0 Å². The molecule has 0 atom stereocenters. The summed E-state index contributed by atoms with van der Waals surface area (Å²) in [6.07, 6.45) is 1.22. The summed E-state index contributed by atoms with van der Waals surface area (Å²) in [5, 5.41) is 9.25. The molecule has 0 aliphatic carbocycles. The Labute approximate surface area is 147 Å². The zero-order chi connectivity index (χ0) is 17.4. The van der Waals surface area contributed by atoms with Crippen molar-refractivity contribution in [1.82, 2.24) is 0 Å². The molecule has 2 aromatic rings. The van der Waals surface area contributed by atoms with E-state index in [0.29, 0.717) is 36.2 Å². The van der Waals surface area contributed by atoms with Gasteiger partial charge in [-0.25, -0.2) is 0 Å². The molecule has 0 amide bonds. The van der Waals surface area contributed by atoms with Crippen LogP contribution in [0.3, 0.4) is 0 Å². The summed E-state index contributed by atoms with van der Waals surface area (Å²) in [4.78, 5) is 10.7. The second-order valence-corrected chi connectivity index (χ2v) is 5.72. The van der Waals surface area contributed by atoms with Crippen LogP contribution in [-0.4, -0.2) is 24.3 Å². The fraction of sp³-hybridized carbons (Fsp3) is 0.316. The van der Waals surface area contributed by atoms with Gasteiger partial charge in [-0.1, -0.05) is 41.9 Å². The van der Waals surface area contributed by atoms with Gasteiger partial charge in [0.05, 0.1) is 18.2 Å². The molecule has 0 aromatic heterocycles. The van der Waals surface area contributed by atoms with Gasteiger partial charge in [0.25, 0.3) is 0 Å². The molecule has 1 N–H and O–H groups in total. The standard InChI is InChI=1S/C19H21ClO4/c1-2-23-17-13-15(8-9-18(21)22)12-16(20)19(17)24-11-10-14-6-4-3-5-7-14/h3-7,12-13H,2,8-11H2,1H3,(H,21,22). The zero-order valence-corrected chi connectivity index (χ0v) is 14.4. The third kappa shape index (κ3) is 5.46. The zero-order valence-electron chi connectivity index (χ0n) is 13.6. The Morgan fingerprint density at radius 3 is 2.50 bits per heavy atom. The van der Waals surface area contributed by atoms with Crippen molar-refractivity contribution in [1.29, 1.82) is 0 Å². The van der Waals surface area contributed by atoms with Gasteiger partial charge in [-0.3, -0.25) is 4.79 Å². The number of hydrogen-bond donors (Lipinski definition) is 1. The van der Waals surface area contributed by atoms with E-state index in [2.05, 4.69) is 0 Å². The molecule has 2 aromatic carbocycles. The van der Waals surface area contributed by atoms with E-state index in [1.165, 1.54) is 5.56 Å². The fourth-order valence-electron chi connectivity index (χ4n) is 2.34. The van der Waals surface area contributed by atoms with E-state index in [9.17, 15) is 4.79 Å². The molecule has 0 aliphatic heterocycles. The predicted octanol–water partition coefficient (Wildman–Crippen LogP) is 4.38. The Morgan fingerprint density at radius 1 is 1.08 bits per heavy atom. The van der Waals surface area contributed by atoms with Crippen LogP contribution in [0.25, 0.3) is 0 Å². The molecule has 0 fully saturated rings. The van der Waals surface area contributed by atoms with Crippen LogP contribution in [-0.2, 0) is 17.6 Å². The minimum absolute atomic E-state index is 0.0517. The molecule has 0 spiro atoms. The number of hydrogen-bond acceptors (Lipinski definition) is 3. The van der Waals surface area contributed by atoms with E-state index in [-0.39, 0.29) is 6.42 Å². The fourth-order valence-corrected chi connectivity index (χ4v) is 2.62. The lowest BCUT2D eigenvalue weighted by Gasteiger charge is -2.15. The normalized spacial score (nSPS) is 10.4. The molecule has 0 unspecified atom stereocenters. The van der Waals surface area contributed by atoms with E-state index in [1.807, 2.05) is 37.3 Å². The highest BCUT2D eigenvalue weighted by molar-refractivity contribution is 6.32. The molecule has 24 heavy (non-hydrogen) atoms. The summed E-state index contributed by atoms with van der Waals surface area (Å²) in [6, 6.07) is 13.6. The molecule has 0 aliphatic rings. The van der Waals surface area contributed by atoms with Crippen LogP contribution in [0.15, 0.2) is 42.5 Å². The first kappa shape index (κ1) is 18.1. The topological polar surface area (TPSA) is 55.8 Å². The third-order valence-electron chi connectivity index (χ3n) is 3.48. The lowest BCUT2D eigenvalue weighted by atomic mass is 10.1. The van der Waals surface area contributed by atoms with Gasteiger partial charge in [0, 0.05) is 12.8 Å². The highest BCUT2D eigenvalue weighted by Crippen LogP contribution is 2.37. The Bertz CT molecular complexity index is 671. The summed E-state index contributed by atoms with van der Waals surface area (Å²) in [6.45, 7) is 2.84. The summed E-state index contributed by atoms with van der Waals surface area (Å²) in [7, 11) is 0. The Balaban J connectivity index is 2.07. The SMILES string of the molecule is CCOc1cc(CCC(=O)O)cc(Cl)c1OCCc1ccccc1. The maximum Gasteiger partial charge on any atom is 0.303 e. The van der Waals surface area contributed by atoms with E-state index >= 15 is 0 Å². The number of carboxylic acid groups (broad SMARTS) is 1. The minimum Gasteiger partial charge on any atom is -0.490 e. The van der Waals surface area contributed by atoms with Crippen LogP contribution in [0.2, 0.25) is 5.02 Å². The van der Waals surface area contributed by atoms with Crippen molar-refractivity contribution in [2.24, 2.45) is 0 Å². The number of ether oxygens (including phenoxy) is 2. The number of aryl methyl sites for hydroxylation is 1. The molecule has 128 valence electrons. The maximum absolute atomic E-state index is 10.7. The first-order valence-corrected chi connectivity index (χ1v) is 8.31. The van der Waals surface area contributed by atoms with Crippen LogP contribution in [0.5, 0.6) is 11.5 Å². The number of carbonyl (C=O) groups is 1. The predicted molar refractivity (Wildman–Crippen MR) is 94.2 cm³/mol. The molecule has 0 saturated heterocycles. The molecule has 0 heterocycles. The molecule has 0 radical (unpaired) electrons. The highest BCUT2D eigenvalue weighted by Gasteiger charge is 2.13. The van der Waals surface area contributed by atoms with Crippen LogP contribution in [0, 0.1) is 0 Å². The average molecular weight is 349 g/mol. The van der Waals surface area contributed by atoms with Crippen LogP contribution in [0.1, 0.15) is 24.5 Å². The number of rotatable bonds is 9. The van der Waals surface area contributed by atoms with E-state index in [4.69, 9.17) is 26.2 Å². The van der Waals surface area contributed by atoms with Gasteiger partial charge in [0.2, 0.25) is 0 Å². The van der Waals surface area contributed by atoms with Crippen molar-refractivity contribution in [2.75, 3.05) is 13.2 Å². The van der Waals surface area contributed by atoms with Crippen molar-refractivity contribution in [3.8, 4) is 11.5 Å². The van der Waals surface area contributed by atoms with E-state index < -0.39 is 5.97 Å². The number of aliphatic carboxylic acids is 1. The first-order valence-electron chi connectivity index (χ1n) is 7.94. The highest BCUT2D eigenvalue weighted by atomic mass is 35.5. The molecule has 5 heteroatoms. The van der Waals surface area contributed by atoms with Gasteiger partial charge in [0.15, 0.2) is 11.5 Å². The molecule has 4 nitrogen and oxygen atoms in total. The summed E-state index contributed by atoms with van der Waals surface area (Å²) >= 11 is 6.31. The summed E-state index contributed by atoms with van der Waals surface area (Å²) < 4.78 is 11.4. The summed E-state index contributed by atoms with van der Waals surface area (Å²) in [5.41, 5.74) is 2.01. The summed E-state index contributed by atoms with van der Waals surface area (Å²) in [5.74, 6) is 0.222. The lowest BCUT2D eigenvalue weighted by Crippen LogP contribution is -2.05. The third-order valence-corrected chi connectivity index (χ3v) is 3.76.